The fourth-order valence-corrected chi connectivity index (χ4v) is 2.81. The molecule has 3 rings (SSSR count). The lowest BCUT2D eigenvalue weighted by Gasteiger charge is -2.18. The van der Waals surface area contributed by atoms with E-state index in [9.17, 15) is 9.59 Å². The molecule has 0 heterocycles. The molecule has 5 nitrogen and oxygen atoms in total. The van der Waals surface area contributed by atoms with Crippen LogP contribution < -0.4 is 10.6 Å². The van der Waals surface area contributed by atoms with Crippen molar-refractivity contribution in [1.29, 1.82) is 0 Å². The zero-order chi connectivity index (χ0) is 19.1. The number of hydrogen-bond donors (Lipinski definition) is 2. The van der Waals surface area contributed by atoms with Crippen LogP contribution in [0.4, 0.5) is 16.2 Å². The Morgan fingerprint density at radius 3 is 1.59 bits per heavy atom. The van der Waals surface area contributed by atoms with Gasteiger partial charge in [-0.3, -0.25) is 10.1 Å². The zero-order valence-electron chi connectivity index (χ0n) is 14.9. The van der Waals surface area contributed by atoms with Crippen molar-refractivity contribution in [1.82, 2.24) is 0 Å². The minimum absolute atomic E-state index is 0.124. The van der Waals surface area contributed by atoms with Gasteiger partial charge in [-0.05, 0) is 35.4 Å². The van der Waals surface area contributed by atoms with Gasteiger partial charge in [0.2, 0.25) is 5.91 Å². The quantitative estimate of drug-likeness (QED) is 0.697. The molecule has 0 saturated carbocycles. The van der Waals surface area contributed by atoms with E-state index in [-0.39, 0.29) is 5.91 Å². The van der Waals surface area contributed by atoms with Crippen LogP contribution in [0.25, 0.3) is 0 Å². The van der Waals surface area contributed by atoms with E-state index in [1.54, 1.807) is 24.3 Å². The molecule has 0 atom stereocenters. The highest BCUT2D eigenvalue weighted by atomic mass is 16.5. The lowest BCUT2D eigenvalue weighted by atomic mass is 9.90. The number of carbonyl (C=O) groups excluding carboxylic acids is 2. The number of rotatable bonds is 5. The molecule has 3 aromatic carbocycles. The molecule has 0 aromatic heterocycles. The Morgan fingerprint density at radius 1 is 0.704 bits per heavy atom. The van der Waals surface area contributed by atoms with Crippen LogP contribution in [0.3, 0.4) is 0 Å². The Bertz CT molecular complexity index is 854. The minimum atomic E-state index is -0.542. The van der Waals surface area contributed by atoms with Crippen LogP contribution in [0.15, 0.2) is 84.9 Å². The maximum Gasteiger partial charge on any atom is 0.411 e. The Balaban J connectivity index is 1.80. The van der Waals surface area contributed by atoms with E-state index in [2.05, 4.69) is 15.4 Å². The summed E-state index contributed by atoms with van der Waals surface area (Å²) >= 11 is 0. The number of benzene rings is 3. The Kier molecular flexibility index (Phi) is 5.84. The van der Waals surface area contributed by atoms with Gasteiger partial charge < -0.3 is 10.1 Å². The van der Waals surface area contributed by atoms with Gasteiger partial charge in [0.05, 0.1) is 13.0 Å². The number of anilines is 2. The molecule has 2 amide bonds. The summed E-state index contributed by atoms with van der Waals surface area (Å²) in [4.78, 5) is 24.3. The lowest BCUT2D eigenvalue weighted by molar-refractivity contribution is -0.116. The Morgan fingerprint density at radius 2 is 1.15 bits per heavy atom. The SMILES string of the molecule is COC(=O)Nc1ccc(NC(=O)C(c2ccccc2)c2ccccc2)cc1. The van der Waals surface area contributed by atoms with Crippen LogP contribution in [-0.2, 0) is 9.53 Å². The number of carbonyl (C=O) groups is 2. The largest absolute Gasteiger partial charge is 0.453 e. The maximum absolute atomic E-state index is 13.0. The van der Waals surface area contributed by atoms with E-state index in [1.165, 1.54) is 7.11 Å². The molecule has 0 aliphatic carbocycles. The molecule has 27 heavy (non-hydrogen) atoms. The Hall–Kier alpha value is -3.60. The summed E-state index contributed by atoms with van der Waals surface area (Å²) in [6.45, 7) is 0. The van der Waals surface area contributed by atoms with Gasteiger partial charge in [-0.2, -0.15) is 0 Å². The molecule has 0 fully saturated rings. The van der Waals surface area contributed by atoms with Crippen molar-refractivity contribution in [2.45, 2.75) is 5.92 Å². The predicted molar refractivity (Wildman–Crippen MR) is 106 cm³/mol. The molecule has 5 heteroatoms. The van der Waals surface area contributed by atoms with Crippen LogP contribution in [0.2, 0.25) is 0 Å². The van der Waals surface area contributed by atoms with Crippen molar-refractivity contribution in [3.63, 3.8) is 0 Å². The molecule has 0 saturated heterocycles. The molecule has 0 aliphatic rings. The van der Waals surface area contributed by atoms with Crippen molar-refractivity contribution in [2.24, 2.45) is 0 Å². The van der Waals surface area contributed by atoms with Crippen molar-refractivity contribution >= 4 is 23.4 Å². The summed E-state index contributed by atoms with van der Waals surface area (Å²) in [5, 5.41) is 5.52. The normalized spacial score (nSPS) is 10.3. The van der Waals surface area contributed by atoms with Crippen LogP contribution in [0.5, 0.6) is 0 Å². The third-order valence-corrected chi connectivity index (χ3v) is 4.11. The van der Waals surface area contributed by atoms with E-state index in [0.29, 0.717) is 11.4 Å². The zero-order valence-corrected chi connectivity index (χ0v) is 14.9. The summed E-state index contributed by atoms with van der Waals surface area (Å²) in [6.07, 6.45) is -0.542. The lowest BCUT2D eigenvalue weighted by Crippen LogP contribution is -2.22. The molecule has 136 valence electrons. The first kappa shape index (κ1) is 18.2. The molecular formula is C22H20N2O3. The van der Waals surface area contributed by atoms with Crippen LogP contribution in [0.1, 0.15) is 17.0 Å². The molecule has 0 radical (unpaired) electrons. The molecule has 0 unspecified atom stereocenters. The second-order valence-corrected chi connectivity index (χ2v) is 5.94. The van der Waals surface area contributed by atoms with Gasteiger partial charge in [-0.25, -0.2) is 4.79 Å². The summed E-state index contributed by atoms with van der Waals surface area (Å²) < 4.78 is 4.56. The average Bonchev–Trinajstić information content (AvgIpc) is 2.71. The van der Waals surface area contributed by atoms with Gasteiger partial charge >= 0.3 is 6.09 Å². The monoisotopic (exact) mass is 360 g/mol. The van der Waals surface area contributed by atoms with Crippen LogP contribution >= 0.6 is 0 Å². The highest BCUT2D eigenvalue weighted by molar-refractivity contribution is 5.98. The van der Waals surface area contributed by atoms with Gasteiger partial charge in [-0.15, -0.1) is 0 Å². The first-order valence-corrected chi connectivity index (χ1v) is 8.53. The van der Waals surface area contributed by atoms with Gasteiger partial charge in [0.25, 0.3) is 0 Å². The first-order chi connectivity index (χ1) is 13.2. The van der Waals surface area contributed by atoms with Crippen LogP contribution in [0, 0.1) is 0 Å². The molecular weight excluding hydrogens is 340 g/mol. The summed E-state index contributed by atoms with van der Waals surface area (Å²) in [7, 11) is 1.30. The third-order valence-electron chi connectivity index (χ3n) is 4.11. The van der Waals surface area contributed by atoms with E-state index >= 15 is 0 Å². The summed E-state index contributed by atoms with van der Waals surface area (Å²) in [5.41, 5.74) is 3.07. The van der Waals surface area contributed by atoms with Crippen molar-refractivity contribution in [3.05, 3.63) is 96.1 Å². The van der Waals surface area contributed by atoms with E-state index in [1.807, 2.05) is 60.7 Å². The van der Waals surface area contributed by atoms with Gasteiger partial charge in [0.15, 0.2) is 0 Å². The number of methoxy groups -OCH3 is 1. The summed E-state index contributed by atoms with van der Waals surface area (Å²) in [6, 6.07) is 26.2. The topological polar surface area (TPSA) is 67.4 Å². The van der Waals surface area contributed by atoms with E-state index in [4.69, 9.17) is 0 Å². The van der Waals surface area contributed by atoms with Crippen molar-refractivity contribution < 1.29 is 14.3 Å². The maximum atomic E-state index is 13.0. The van der Waals surface area contributed by atoms with E-state index < -0.39 is 12.0 Å². The Labute approximate surface area is 158 Å². The van der Waals surface area contributed by atoms with Gasteiger partial charge in [0, 0.05) is 11.4 Å². The van der Waals surface area contributed by atoms with Crippen molar-refractivity contribution in [3.8, 4) is 0 Å². The number of nitrogens with one attached hydrogen (secondary N) is 2. The molecule has 0 aliphatic heterocycles. The molecule has 0 bridgehead atoms. The predicted octanol–water partition coefficient (Wildman–Crippen LogP) is 4.64. The highest BCUT2D eigenvalue weighted by Gasteiger charge is 2.22. The standard InChI is InChI=1S/C22H20N2O3/c1-27-22(26)24-19-14-12-18(13-15-19)23-21(25)20(16-8-4-2-5-9-16)17-10-6-3-7-11-17/h2-15,20H,1H3,(H,23,25)(H,24,26). The highest BCUT2D eigenvalue weighted by Crippen LogP contribution is 2.26. The number of ether oxygens (including phenoxy) is 1. The second kappa shape index (κ2) is 8.67. The van der Waals surface area contributed by atoms with Crippen LogP contribution in [-0.4, -0.2) is 19.1 Å². The first-order valence-electron chi connectivity index (χ1n) is 8.53. The minimum Gasteiger partial charge on any atom is -0.453 e. The molecule has 0 spiro atoms. The number of amides is 2. The fraction of sp³-hybridized carbons (Fsp3) is 0.0909. The van der Waals surface area contributed by atoms with E-state index in [0.717, 1.165) is 11.1 Å². The smallest absolute Gasteiger partial charge is 0.411 e. The van der Waals surface area contributed by atoms with Gasteiger partial charge in [-0.1, -0.05) is 60.7 Å². The summed E-state index contributed by atoms with van der Waals surface area (Å²) in [5.74, 6) is -0.540. The molecule has 2 N–H and O–H groups in total. The average molecular weight is 360 g/mol. The van der Waals surface area contributed by atoms with Gasteiger partial charge in [0.1, 0.15) is 0 Å². The molecule has 3 aromatic rings. The van der Waals surface area contributed by atoms with Crippen molar-refractivity contribution in [2.75, 3.05) is 17.7 Å². The fourth-order valence-electron chi connectivity index (χ4n) is 2.81. The number of hydrogen-bond acceptors (Lipinski definition) is 3. The third kappa shape index (κ3) is 4.73. The second-order valence-electron chi connectivity index (χ2n) is 5.94.